The van der Waals surface area contributed by atoms with Crippen molar-refractivity contribution in [3.63, 3.8) is 0 Å². The quantitative estimate of drug-likeness (QED) is 0.539. The van der Waals surface area contributed by atoms with Crippen LogP contribution in [0.3, 0.4) is 0 Å². The van der Waals surface area contributed by atoms with Gasteiger partial charge in [-0.3, -0.25) is 9.88 Å². The Hall–Kier alpha value is -3.48. The minimum absolute atomic E-state index is 0.310. The first kappa shape index (κ1) is 23.6. The number of morpholine rings is 1. The van der Waals surface area contributed by atoms with Crippen molar-refractivity contribution in [3.8, 4) is 17.6 Å². The van der Waals surface area contributed by atoms with Gasteiger partial charge in [0, 0.05) is 30.5 Å². The zero-order valence-electron chi connectivity index (χ0n) is 21.0. The fourth-order valence-corrected chi connectivity index (χ4v) is 7.48. The molecule has 2 saturated heterocycles. The van der Waals surface area contributed by atoms with Gasteiger partial charge in [-0.05, 0) is 29.7 Å². The summed E-state index contributed by atoms with van der Waals surface area (Å²) in [5, 5.41) is 34.6. The van der Waals surface area contributed by atoms with Gasteiger partial charge in [-0.25, -0.2) is 0 Å². The maximum atomic E-state index is 12.9. The first-order valence-electron chi connectivity index (χ1n) is 13.0. The molecular weight excluding hydrogens is 482 g/mol. The highest BCUT2D eigenvalue weighted by molar-refractivity contribution is 5.59. The summed E-state index contributed by atoms with van der Waals surface area (Å²) in [7, 11) is 1.52. The van der Waals surface area contributed by atoms with Crippen molar-refractivity contribution < 1.29 is 24.4 Å². The number of aliphatic hydroxyl groups is 2. The molecule has 194 valence electrons. The number of ether oxygens (including phenoxy) is 3. The zero-order valence-corrected chi connectivity index (χ0v) is 21.0. The minimum Gasteiger partial charge on any atom is -0.495 e. The Morgan fingerprint density at radius 3 is 2.50 bits per heavy atom. The Morgan fingerprint density at radius 2 is 1.84 bits per heavy atom. The Morgan fingerprint density at radius 1 is 1.11 bits per heavy atom. The van der Waals surface area contributed by atoms with E-state index < -0.39 is 23.2 Å². The molecule has 1 aromatic heterocycles. The fraction of sp³-hybridized carbons (Fsp3) is 0.400. The van der Waals surface area contributed by atoms with Gasteiger partial charge in [-0.15, -0.1) is 0 Å². The Bertz CT molecular complexity index is 1400. The number of methoxy groups -OCH3 is 1. The summed E-state index contributed by atoms with van der Waals surface area (Å²) >= 11 is 0. The van der Waals surface area contributed by atoms with Gasteiger partial charge < -0.3 is 24.4 Å². The molecule has 3 aliphatic heterocycles. The monoisotopic (exact) mass is 511 g/mol. The van der Waals surface area contributed by atoms with Crippen molar-refractivity contribution in [2.24, 2.45) is 5.92 Å². The summed E-state index contributed by atoms with van der Waals surface area (Å²) < 4.78 is 18.2. The van der Waals surface area contributed by atoms with Crippen LogP contribution in [-0.2, 0) is 15.9 Å². The van der Waals surface area contributed by atoms with E-state index in [-0.39, 0.29) is 5.92 Å². The molecule has 3 aromatic rings. The Balaban J connectivity index is 1.47. The van der Waals surface area contributed by atoms with Gasteiger partial charge in [0.15, 0.2) is 11.2 Å². The molecule has 8 heteroatoms. The lowest BCUT2D eigenvalue weighted by Crippen LogP contribution is -2.65. The van der Waals surface area contributed by atoms with Crippen LogP contribution in [0.15, 0.2) is 67.0 Å². The van der Waals surface area contributed by atoms with Crippen LogP contribution in [0.25, 0.3) is 0 Å². The molecule has 4 heterocycles. The molecular formula is C30H29N3O5. The molecule has 7 rings (SSSR count). The van der Waals surface area contributed by atoms with Crippen molar-refractivity contribution >= 4 is 0 Å². The number of hydrogen-bond donors (Lipinski definition) is 2. The van der Waals surface area contributed by atoms with Crippen LogP contribution >= 0.6 is 0 Å². The van der Waals surface area contributed by atoms with E-state index in [1.165, 1.54) is 7.11 Å². The summed E-state index contributed by atoms with van der Waals surface area (Å²) in [6.07, 6.45) is 3.02. The second kappa shape index (κ2) is 8.52. The summed E-state index contributed by atoms with van der Waals surface area (Å²) in [6, 6.07) is 19.9. The molecule has 38 heavy (non-hydrogen) atoms. The predicted molar refractivity (Wildman–Crippen MR) is 137 cm³/mol. The molecule has 5 unspecified atom stereocenters. The lowest BCUT2D eigenvalue weighted by atomic mass is 9.70. The second-order valence-electron chi connectivity index (χ2n) is 10.8. The number of aliphatic hydroxyl groups excluding tert-OH is 1. The third-order valence-electron chi connectivity index (χ3n) is 9.14. The van der Waals surface area contributed by atoms with E-state index in [4.69, 9.17) is 14.2 Å². The number of hydrogen-bond acceptors (Lipinski definition) is 8. The van der Waals surface area contributed by atoms with Crippen molar-refractivity contribution in [2.45, 2.75) is 41.7 Å². The van der Waals surface area contributed by atoms with Gasteiger partial charge in [-0.2, -0.15) is 5.26 Å². The topological polar surface area (TPSA) is 108 Å². The first-order valence-corrected chi connectivity index (χ1v) is 13.0. The average molecular weight is 512 g/mol. The lowest BCUT2D eigenvalue weighted by Gasteiger charge is -2.54. The van der Waals surface area contributed by atoms with E-state index >= 15 is 0 Å². The van der Waals surface area contributed by atoms with Gasteiger partial charge in [0.2, 0.25) is 0 Å². The van der Waals surface area contributed by atoms with Crippen molar-refractivity contribution in [1.82, 2.24) is 9.88 Å². The van der Waals surface area contributed by atoms with E-state index in [0.29, 0.717) is 60.0 Å². The van der Waals surface area contributed by atoms with E-state index in [1.807, 2.05) is 42.5 Å². The molecule has 2 aromatic carbocycles. The largest absolute Gasteiger partial charge is 0.495 e. The standard InChI is InChI=1S/C30H29N3O5/c1-36-24-13-32-14-25-27(24)29(35)28(34)23(15-33-21-11-22(33)17-37-16-21)26(19-5-3-2-4-6-19)30(29,38-25)20-9-7-18(12-31)8-10-20/h2-10,13-14,21-23,26,28,34-35H,11,15-17H2,1H3/t21-,22+,23?,26?,28?,29?,30?. The van der Waals surface area contributed by atoms with Gasteiger partial charge in [-0.1, -0.05) is 42.5 Å². The van der Waals surface area contributed by atoms with E-state index in [0.717, 1.165) is 12.0 Å². The molecule has 1 aliphatic carbocycles. The molecule has 1 saturated carbocycles. The smallest absolute Gasteiger partial charge is 0.177 e. The highest BCUT2D eigenvalue weighted by Crippen LogP contribution is 2.69. The molecule has 8 nitrogen and oxygen atoms in total. The molecule has 7 atom stereocenters. The zero-order chi connectivity index (χ0) is 26.1. The summed E-state index contributed by atoms with van der Waals surface area (Å²) in [4.78, 5) is 6.69. The van der Waals surface area contributed by atoms with Crippen LogP contribution in [-0.4, -0.2) is 65.2 Å². The van der Waals surface area contributed by atoms with Gasteiger partial charge >= 0.3 is 0 Å². The van der Waals surface area contributed by atoms with Crippen LogP contribution in [0, 0.1) is 17.2 Å². The normalized spacial score (nSPS) is 34.9. The number of nitriles is 1. The molecule has 0 amide bonds. The van der Waals surface area contributed by atoms with Crippen molar-refractivity contribution in [3.05, 3.63) is 89.2 Å². The van der Waals surface area contributed by atoms with Crippen molar-refractivity contribution in [2.75, 3.05) is 26.9 Å². The molecule has 2 bridgehead atoms. The molecule has 0 spiro atoms. The average Bonchev–Trinajstić information content (AvgIpc) is 3.35. The third kappa shape index (κ3) is 2.96. The summed E-state index contributed by atoms with van der Waals surface area (Å²) in [6.45, 7) is 1.95. The van der Waals surface area contributed by atoms with Crippen LogP contribution in [0.4, 0.5) is 0 Å². The van der Waals surface area contributed by atoms with E-state index in [9.17, 15) is 15.5 Å². The fourth-order valence-electron chi connectivity index (χ4n) is 7.48. The highest BCUT2D eigenvalue weighted by Gasteiger charge is 2.77. The SMILES string of the molecule is COc1cncc2c1C1(O)C(O)C(CN3[C@@H]4COC[C@H]3C4)C(c3ccccc3)C1(c1ccc(C#N)cc1)O2. The van der Waals surface area contributed by atoms with Gasteiger partial charge in [0.1, 0.15) is 11.5 Å². The van der Waals surface area contributed by atoms with E-state index in [1.54, 1.807) is 24.5 Å². The van der Waals surface area contributed by atoms with Crippen LogP contribution in [0.2, 0.25) is 0 Å². The molecule has 4 aliphatic rings. The Kier molecular flexibility index (Phi) is 5.29. The predicted octanol–water partition coefficient (Wildman–Crippen LogP) is 2.68. The summed E-state index contributed by atoms with van der Waals surface area (Å²) in [5.74, 6) is -0.0476. The van der Waals surface area contributed by atoms with E-state index in [2.05, 4.69) is 16.0 Å². The van der Waals surface area contributed by atoms with Crippen LogP contribution in [0.1, 0.15) is 34.6 Å². The second-order valence-corrected chi connectivity index (χ2v) is 10.8. The maximum absolute atomic E-state index is 12.9. The third-order valence-corrected chi connectivity index (χ3v) is 9.14. The molecule has 0 radical (unpaired) electrons. The number of nitrogens with zero attached hydrogens (tertiary/aromatic N) is 3. The molecule has 2 N–H and O–H groups in total. The Labute approximate surface area is 221 Å². The number of aromatic nitrogens is 1. The minimum atomic E-state index is -1.84. The molecule has 3 fully saturated rings. The lowest BCUT2D eigenvalue weighted by molar-refractivity contribution is -0.158. The highest BCUT2D eigenvalue weighted by atomic mass is 16.5. The first-order chi connectivity index (χ1) is 18.5. The summed E-state index contributed by atoms with van der Waals surface area (Å²) in [5.41, 5.74) is -0.683. The van der Waals surface area contributed by atoms with Gasteiger partial charge in [0.25, 0.3) is 0 Å². The number of benzene rings is 2. The maximum Gasteiger partial charge on any atom is 0.177 e. The van der Waals surface area contributed by atoms with Crippen LogP contribution < -0.4 is 9.47 Å². The number of fused-ring (bicyclic) bond motifs is 5. The van der Waals surface area contributed by atoms with Crippen LogP contribution in [0.5, 0.6) is 11.5 Å². The van der Waals surface area contributed by atoms with Gasteiger partial charge in [0.05, 0.1) is 56.0 Å². The number of pyridine rings is 1. The van der Waals surface area contributed by atoms with Crippen molar-refractivity contribution in [1.29, 1.82) is 5.26 Å². The number of rotatable bonds is 5.